The number of likely N-dealkylation sites (tertiary alicyclic amines) is 1. The van der Waals surface area contributed by atoms with Gasteiger partial charge in [-0.1, -0.05) is 13.8 Å². The molecule has 1 N–H and O–H groups in total. The quantitative estimate of drug-likeness (QED) is 0.386. The van der Waals surface area contributed by atoms with Crippen molar-refractivity contribution in [1.82, 2.24) is 24.8 Å². The minimum absolute atomic E-state index is 0. The van der Waals surface area contributed by atoms with Gasteiger partial charge in [0.05, 0.1) is 23.1 Å². The zero-order valence-electron chi connectivity index (χ0n) is 16.7. The number of nitrogens with one attached hydrogen (secondary N) is 1. The molecule has 8 heteroatoms. The predicted octanol–water partition coefficient (Wildman–Crippen LogP) is 3.53. The van der Waals surface area contributed by atoms with E-state index in [0.717, 1.165) is 44.9 Å². The van der Waals surface area contributed by atoms with Crippen LogP contribution in [0.3, 0.4) is 0 Å². The molecule has 0 aromatic carbocycles. The van der Waals surface area contributed by atoms with Crippen LogP contribution in [0.4, 0.5) is 0 Å². The minimum Gasteiger partial charge on any atom is -0.356 e. The van der Waals surface area contributed by atoms with Gasteiger partial charge in [0.15, 0.2) is 5.96 Å². The smallest absolute Gasteiger partial charge is 0.193 e. The SMILES string of the molecule is CCc1nc(CCNC(=NC)N2CCC(C)C(n3ccnc3)C2)sc1C.I. The first-order chi connectivity index (χ1) is 12.6. The molecule has 0 radical (unpaired) electrons. The maximum absolute atomic E-state index is 4.73. The Kier molecular flexibility index (Phi) is 8.53. The third-order valence-corrected chi connectivity index (χ3v) is 6.30. The van der Waals surface area contributed by atoms with Crippen molar-refractivity contribution in [3.63, 3.8) is 0 Å². The van der Waals surface area contributed by atoms with Gasteiger partial charge in [0.1, 0.15) is 0 Å². The van der Waals surface area contributed by atoms with E-state index in [2.05, 4.69) is 51.7 Å². The lowest BCUT2D eigenvalue weighted by Crippen LogP contribution is -2.49. The van der Waals surface area contributed by atoms with E-state index < -0.39 is 0 Å². The molecule has 0 saturated carbocycles. The summed E-state index contributed by atoms with van der Waals surface area (Å²) in [4.78, 5) is 17.2. The number of piperidine rings is 1. The maximum Gasteiger partial charge on any atom is 0.193 e. The van der Waals surface area contributed by atoms with Crippen LogP contribution in [0, 0.1) is 12.8 Å². The number of aromatic nitrogens is 3. The van der Waals surface area contributed by atoms with Crippen molar-refractivity contribution >= 4 is 41.3 Å². The van der Waals surface area contributed by atoms with Crippen LogP contribution in [-0.2, 0) is 12.8 Å². The summed E-state index contributed by atoms with van der Waals surface area (Å²) in [7, 11) is 1.87. The summed E-state index contributed by atoms with van der Waals surface area (Å²) in [6.07, 6.45) is 8.97. The van der Waals surface area contributed by atoms with Gasteiger partial charge in [0.25, 0.3) is 0 Å². The van der Waals surface area contributed by atoms with Gasteiger partial charge in [-0.2, -0.15) is 0 Å². The monoisotopic (exact) mass is 502 g/mol. The molecule has 6 nitrogen and oxygen atoms in total. The number of hydrogen-bond acceptors (Lipinski definition) is 4. The average molecular weight is 502 g/mol. The molecule has 27 heavy (non-hydrogen) atoms. The molecule has 0 aliphatic carbocycles. The third-order valence-electron chi connectivity index (χ3n) is 5.23. The molecular formula is C19H31IN6S. The fourth-order valence-corrected chi connectivity index (χ4v) is 4.65. The molecule has 150 valence electrons. The van der Waals surface area contributed by atoms with Gasteiger partial charge in [-0.05, 0) is 25.7 Å². The van der Waals surface area contributed by atoms with Gasteiger partial charge in [-0.15, -0.1) is 35.3 Å². The molecular weight excluding hydrogens is 471 g/mol. The fourth-order valence-electron chi connectivity index (χ4n) is 3.63. The van der Waals surface area contributed by atoms with E-state index in [9.17, 15) is 0 Å². The number of aryl methyl sites for hydroxylation is 2. The Labute approximate surface area is 183 Å². The Morgan fingerprint density at radius 2 is 2.26 bits per heavy atom. The Balaban J connectivity index is 0.00000261. The van der Waals surface area contributed by atoms with Crippen molar-refractivity contribution in [2.45, 2.75) is 46.1 Å². The molecule has 3 heterocycles. The van der Waals surface area contributed by atoms with Crippen molar-refractivity contribution in [3.8, 4) is 0 Å². The van der Waals surface area contributed by atoms with E-state index in [4.69, 9.17) is 4.98 Å². The maximum atomic E-state index is 4.73. The third kappa shape index (κ3) is 5.43. The number of imidazole rings is 1. The molecule has 3 rings (SSSR count). The largest absolute Gasteiger partial charge is 0.356 e. The second-order valence-corrected chi connectivity index (χ2v) is 8.26. The summed E-state index contributed by atoms with van der Waals surface area (Å²) in [6.45, 7) is 9.53. The van der Waals surface area contributed by atoms with Crippen LogP contribution >= 0.6 is 35.3 Å². The van der Waals surface area contributed by atoms with Crippen molar-refractivity contribution in [1.29, 1.82) is 0 Å². The number of aliphatic imine (C=N–C) groups is 1. The summed E-state index contributed by atoms with van der Waals surface area (Å²) in [5.41, 5.74) is 1.24. The van der Waals surface area contributed by atoms with Gasteiger partial charge < -0.3 is 14.8 Å². The van der Waals surface area contributed by atoms with Crippen LogP contribution in [0.25, 0.3) is 0 Å². The predicted molar refractivity (Wildman–Crippen MR) is 123 cm³/mol. The molecule has 2 aromatic rings. The van der Waals surface area contributed by atoms with Crippen molar-refractivity contribution in [2.24, 2.45) is 10.9 Å². The molecule has 1 aliphatic rings. The number of hydrogen-bond donors (Lipinski definition) is 1. The first-order valence-electron chi connectivity index (χ1n) is 9.50. The van der Waals surface area contributed by atoms with Gasteiger partial charge in [0, 0.05) is 50.4 Å². The van der Waals surface area contributed by atoms with Crippen molar-refractivity contribution in [3.05, 3.63) is 34.3 Å². The molecule has 2 unspecified atom stereocenters. The summed E-state index contributed by atoms with van der Waals surface area (Å²) >= 11 is 1.82. The molecule has 1 saturated heterocycles. The van der Waals surface area contributed by atoms with E-state index in [1.807, 2.05) is 30.9 Å². The van der Waals surface area contributed by atoms with Crippen molar-refractivity contribution in [2.75, 3.05) is 26.7 Å². The first-order valence-corrected chi connectivity index (χ1v) is 10.3. The molecule has 0 amide bonds. The van der Waals surface area contributed by atoms with Crippen LogP contribution in [-0.4, -0.2) is 52.1 Å². The Hall–Kier alpha value is -1.16. The minimum atomic E-state index is 0. The van der Waals surface area contributed by atoms with Crippen LogP contribution in [0.2, 0.25) is 0 Å². The summed E-state index contributed by atoms with van der Waals surface area (Å²) in [5, 5.41) is 4.75. The Morgan fingerprint density at radius 1 is 1.44 bits per heavy atom. The Bertz CT molecular complexity index is 727. The highest BCUT2D eigenvalue weighted by molar-refractivity contribution is 14.0. The van der Waals surface area contributed by atoms with Gasteiger partial charge in [-0.25, -0.2) is 9.97 Å². The van der Waals surface area contributed by atoms with Crippen LogP contribution in [0.1, 0.15) is 41.9 Å². The van der Waals surface area contributed by atoms with E-state index >= 15 is 0 Å². The molecule has 1 aliphatic heterocycles. The number of guanidine groups is 1. The fraction of sp³-hybridized carbons (Fsp3) is 0.632. The van der Waals surface area contributed by atoms with Crippen molar-refractivity contribution < 1.29 is 0 Å². The summed E-state index contributed by atoms with van der Waals surface area (Å²) in [6, 6.07) is 0.443. The molecule has 2 aromatic heterocycles. The molecule has 2 atom stereocenters. The summed E-state index contributed by atoms with van der Waals surface area (Å²) in [5.74, 6) is 1.63. The highest BCUT2D eigenvalue weighted by atomic mass is 127. The standard InChI is InChI=1S/C19H30N6S.HI/c1-5-16-15(3)26-18(23-16)6-8-22-19(20-4)24-10-7-14(2)17(12-24)25-11-9-21-13-25;/h9,11,13-14,17H,5-8,10,12H2,1-4H3,(H,20,22);1H. The molecule has 0 spiro atoms. The average Bonchev–Trinajstić information content (AvgIpc) is 3.29. The second-order valence-electron chi connectivity index (χ2n) is 6.98. The Morgan fingerprint density at radius 3 is 2.89 bits per heavy atom. The topological polar surface area (TPSA) is 58.3 Å². The van der Waals surface area contributed by atoms with Crippen LogP contribution in [0.15, 0.2) is 23.7 Å². The number of nitrogens with zero attached hydrogens (tertiary/aromatic N) is 5. The van der Waals surface area contributed by atoms with Gasteiger partial charge >= 0.3 is 0 Å². The number of halogens is 1. The lowest BCUT2D eigenvalue weighted by molar-refractivity contribution is 0.189. The highest BCUT2D eigenvalue weighted by Crippen LogP contribution is 2.27. The zero-order valence-corrected chi connectivity index (χ0v) is 19.8. The van der Waals surface area contributed by atoms with E-state index in [-0.39, 0.29) is 24.0 Å². The van der Waals surface area contributed by atoms with E-state index in [1.54, 1.807) is 0 Å². The van der Waals surface area contributed by atoms with Gasteiger partial charge in [0.2, 0.25) is 0 Å². The summed E-state index contributed by atoms with van der Waals surface area (Å²) < 4.78 is 2.23. The van der Waals surface area contributed by atoms with Crippen LogP contribution < -0.4 is 5.32 Å². The normalized spacial score (nSPS) is 20.4. The molecule has 0 bridgehead atoms. The number of rotatable bonds is 5. The lowest BCUT2D eigenvalue weighted by Gasteiger charge is -2.39. The lowest BCUT2D eigenvalue weighted by atomic mass is 9.93. The highest BCUT2D eigenvalue weighted by Gasteiger charge is 2.28. The molecule has 1 fully saturated rings. The second kappa shape index (κ2) is 10.4. The van der Waals surface area contributed by atoms with Crippen LogP contribution in [0.5, 0.6) is 0 Å². The zero-order chi connectivity index (χ0) is 18.5. The first kappa shape index (κ1) is 22.1. The van der Waals surface area contributed by atoms with E-state index in [0.29, 0.717) is 12.0 Å². The van der Waals surface area contributed by atoms with E-state index in [1.165, 1.54) is 15.6 Å². The number of thiazole rings is 1. The van der Waals surface area contributed by atoms with Gasteiger partial charge in [-0.3, -0.25) is 4.99 Å².